The number of halogens is 6. The molecule has 4 heterocycles. The highest BCUT2D eigenvalue weighted by molar-refractivity contribution is 9.10. The zero-order valence-corrected chi connectivity index (χ0v) is 25.8. The highest BCUT2D eigenvalue weighted by Gasteiger charge is 2.46. The van der Waals surface area contributed by atoms with Gasteiger partial charge in [0.05, 0.1) is 11.4 Å². The number of thioether (sulfide) groups is 2. The number of hydrogen-bond acceptors (Lipinski definition) is 6. The molecule has 0 spiro atoms. The second-order valence-corrected chi connectivity index (χ2v) is 12.2. The summed E-state index contributed by atoms with van der Waals surface area (Å²) in [5, 5.41) is 0. The van der Waals surface area contributed by atoms with Crippen LogP contribution in [0.5, 0.6) is 0 Å². The van der Waals surface area contributed by atoms with Crippen molar-refractivity contribution in [3.05, 3.63) is 50.5 Å². The first kappa shape index (κ1) is 32.2. The van der Waals surface area contributed by atoms with Crippen molar-refractivity contribution in [2.24, 2.45) is 11.8 Å². The molecule has 2 aromatic heterocycles. The van der Waals surface area contributed by atoms with Crippen LogP contribution >= 0.6 is 55.4 Å². The van der Waals surface area contributed by atoms with Crippen molar-refractivity contribution in [1.29, 1.82) is 0 Å². The lowest BCUT2D eigenvalue weighted by atomic mass is 10.0. The van der Waals surface area contributed by atoms with Crippen LogP contribution in [-0.4, -0.2) is 77.1 Å². The van der Waals surface area contributed by atoms with Gasteiger partial charge in [-0.25, -0.2) is 9.97 Å². The van der Waals surface area contributed by atoms with Gasteiger partial charge >= 0.3 is 12.1 Å². The molecule has 13 heteroatoms. The highest BCUT2D eigenvalue weighted by Crippen LogP contribution is 2.27. The molecule has 2 aliphatic heterocycles. The molecule has 0 bridgehead atoms. The lowest BCUT2D eigenvalue weighted by Crippen LogP contribution is -2.55. The van der Waals surface area contributed by atoms with Gasteiger partial charge in [0.15, 0.2) is 0 Å². The third-order valence-corrected chi connectivity index (χ3v) is 8.85. The van der Waals surface area contributed by atoms with Gasteiger partial charge in [-0.15, -0.1) is 0 Å². The van der Waals surface area contributed by atoms with Crippen molar-refractivity contribution in [1.82, 2.24) is 14.9 Å². The number of aryl methyl sites for hydroxylation is 2. The Morgan fingerprint density at radius 2 is 1.41 bits per heavy atom. The van der Waals surface area contributed by atoms with E-state index in [0.29, 0.717) is 5.69 Å². The summed E-state index contributed by atoms with van der Waals surface area (Å²) < 4.78 is 49.7. The summed E-state index contributed by atoms with van der Waals surface area (Å²) in [6.07, 6.45) is -0.636. The number of pyridine rings is 2. The summed E-state index contributed by atoms with van der Waals surface area (Å²) in [6.45, 7) is 6.60. The van der Waals surface area contributed by atoms with Crippen molar-refractivity contribution in [3.8, 4) is 0 Å². The van der Waals surface area contributed by atoms with Crippen LogP contribution in [0.1, 0.15) is 11.4 Å². The second-order valence-electron chi connectivity index (χ2n) is 8.69. The maximum atomic E-state index is 12.2. The van der Waals surface area contributed by atoms with Gasteiger partial charge in [-0.3, -0.25) is 4.79 Å². The smallest absolute Gasteiger partial charge is 0.356 e. The summed E-state index contributed by atoms with van der Waals surface area (Å²) in [5.41, 5.74) is 1.75. The average Bonchev–Trinajstić information content (AvgIpc) is 2.77. The molecule has 0 N–H and O–H groups in total. The van der Waals surface area contributed by atoms with Crippen LogP contribution in [0.3, 0.4) is 0 Å². The topological polar surface area (TPSA) is 49.3 Å². The van der Waals surface area contributed by atoms with Gasteiger partial charge in [-0.2, -0.15) is 41.1 Å². The van der Waals surface area contributed by atoms with E-state index in [-0.39, 0.29) is 19.0 Å². The predicted molar refractivity (Wildman–Crippen MR) is 152 cm³/mol. The van der Waals surface area contributed by atoms with E-state index in [4.69, 9.17) is 0 Å². The fourth-order valence-corrected chi connectivity index (χ4v) is 5.38. The summed E-state index contributed by atoms with van der Waals surface area (Å²) in [4.78, 5) is 21.9. The molecule has 206 valence electrons. The third kappa shape index (κ3) is 10.2. The summed E-state index contributed by atoms with van der Waals surface area (Å²) in [5.74, 6) is 2.16. The largest absolute Gasteiger partial charge is 0.471 e. The number of anilines is 1. The molecule has 2 fully saturated rings. The number of nitrogens with zero attached hydrogens (tertiary/aromatic N) is 4. The molecule has 2 aliphatic rings. The van der Waals surface area contributed by atoms with Crippen LogP contribution in [-0.2, 0) is 4.79 Å². The van der Waals surface area contributed by atoms with E-state index in [9.17, 15) is 22.4 Å². The van der Waals surface area contributed by atoms with E-state index < -0.39 is 18.0 Å². The van der Waals surface area contributed by atoms with Gasteiger partial charge in [0.25, 0.3) is 0 Å². The van der Waals surface area contributed by atoms with Gasteiger partial charge < -0.3 is 9.80 Å². The maximum Gasteiger partial charge on any atom is 0.471 e. The Hall–Kier alpha value is -1.05. The zero-order valence-electron chi connectivity index (χ0n) is 21.0. The quantitative estimate of drug-likeness (QED) is 0.260. The minimum atomic E-state index is -4.70. The molecule has 0 saturated carbocycles. The lowest BCUT2D eigenvalue weighted by molar-refractivity contribution is -0.191. The molecule has 0 atom stereocenters. The van der Waals surface area contributed by atoms with Crippen LogP contribution in [0.4, 0.5) is 23.4 Å². The molecule has 0 aromatic carbocycles. The van der Waals surface area contributed by atoms with Crippen molar-refractivity contribution < 1.29 is 22.4 Å². The fraction of sp³-hybridized carbons (Fsp3) is 0.542. The number of amides is 1. The molecule has 2 aromatic rings. The van der Waals surface area contributed by atoms with E-state index in [2.05, 4.69) is 65.1 Å². The first-order chi connectivity index (χ1) is 17.3. The molecule has 0 unspecified atom stereocenters. The van der Waals surface area contributed by atoms with E-state index in [1.807, 2.05) is 24.9 Å². The van der Waals surface area contributed by atoms with Gasteiger partial charge in [0, 0.05) is 47.0 Å². The zero-order chi connectivity index (χ0) is 27.8. The Morgan fingerprint density at radius 3 is 1.84 bits per heavy atom. The summed E-state index contributed by atoms with van der Waals surface area (Å²) in [6, 6.07) is 7.13. The number of alkyl halides is 3. The van der Waals surface area contributed by atoms with Gasteiger partial charge in [0.2, 0.25) is 5.95 Å². The summed E-state index contributed by atoms with van der Waals surface area (Å²) in [7, 11) is 0. The van der Waals surface area contributed by atoms with E-state index in [1.165, 1.54) is 11.8 Å². The standard InChI is InChI=1S/C11H15BrN2S.C7H10F3NOS.C6H5BrFN/c1-8-10(12)3-4-11(13-8)14-5-9(6-14)7-15-2;1-13-4-5-2-11(3-5)6(12)7(8,9)10;1-4-5(7)2-3-6(8)9-4/h3-4,9H,5-7H2,1-2H3;5H,2-4H2,1H3;2-3H,1H3. The second kappa shape index (κ2) is 14.9. The van der Waals surface area contributed by atoms with E-state index in [0.717, 1.165) is 50.1 Å². The SMILES string of the molecule is CSCC1CN(C(=O)C(F)(F)F)C1.CSCC1CN(c2ccc(Br)c(C)n2)C1.Cc1nc(F)ccc1Br. The third-order valence-electron chi connectivity index (χ3n) is 5.57. The van der Waals surface area contributed by atoms with Crippen LogP contribution in [0, 0.1) is 31.6 Å². The van der Waals surface area contributed by atoms with Crippen molar-refractivity contribution in [2.75, 3.05) is 55.1 Å². The van der Waals surface area contributed by atoms with Crippen LogP contribution < -0.4 is 4.90 Å². The Kier molecular flexibility index (Phi) is 13.0. The first-order valence-corrected chi connectivity index (χ1v) is 15.7. The lowest BCUT2D eigenvalue weighted by Gasteiger charge is -2.40. The molecular weight excluding hydrogens is 660 g/mol. The van der Waals surface area contributed by atoms with Crippen molar-refractivity contribution in [3.63, 3.8) is 0 Å². The Bertz CT molecular complexity index is 1040. The molecule has 5 nitrogen and oxygen atoms in total. The highest BCUT2D eigenvalue weighted by atomic mass is 79.9. The Labute approximate surface area is 240 Å². The number of likely N-dealkylation sites (tertiary alicyclic amines) is 1. The molecule has 1 amide bonds. The molecule has 2 saturated heterocycles. The first-order valence-electron chi connectivity index (χ1n) is 11.4. The van der Waals surface area contributed by atoms with Crippen LogP contribution in [0.15, 0.2) is 33.2 Å². The van der Waals surface area contributed by atoms with Crippen molar-refractivity contribution in [2.45, 2.75) is 20.0 Å². The predicted octanol–water partition coefficient (Wildman–Crippen LogP) is 6.61. The number of carbonyl (C=O) groups is 1. The minimum absolute atomic E-state index is 0.237. The summed E-state index contributed by atoms with van der Waals surface area (Å²) >= 11 is 10.2. The number of carbonyl (C=O) groups excluding carboxylic acids is 1. The molecular formula is C24H30Br2F4N4OS2. The molecule has 4 rings (SSSR count). The fourth-order valence-electron chi connectivity index (χ4n) is 3.57. The number of rotatable bonds is 5. The molecule has 0 radical (unpaired) electrons. The van der Waals surface area contributed by atoms with E-state index >= 15 is 0 Å². The van der Waals surface area contributed by atoms with Crippen LogP contribution in [0.2, 0.25) is 0 Å². The van der Waals surface area contributed by atoms with E-state index in [1.54, 1.807) is 24.8 Å². The Balaban J connectivity index is 0.000000201. The monoisotopic (exact) mass is 688 g/mol. The van der Waals surface area contributed by atoms with Gasteiger partial charge in [-0.05, 0) is 94.0 Å². The average molecular weight is 690 g/mol. The number of hydrogen-bond donors (Lipinski definition) is 0. The van der Waals surface area contributed by atoms with Gasteiger partial charge in [-0.1, -0.05) is 0 Å². The van der Waals surface area contributed by atoms with Crippen LogP contribution in [0.25, 0.3) is 0 Å². The Morgan fingerprint density at radius 1 is 0.919 bits per heavy atom. The molecule has 0 aliphatic carbocycles. The van der Waals surface area contributed by atoms with Crippen molar-refractivity contribution >= 4 is 67.1 Å². The maximum absolute atomic E-state index is 12.2. The normalized spacial score (nSPS) is 15.6. The van der Waals surface area contributed by atoms with Gasteiger partial charge in [0.1, 0.15) is 5.82 Å². The molecule has 37 heavy (non-hydrogen) atoms. The number of aromatic nitrogens is 2. The minimum Gasteiger partial charge on any atom is -0.356 e.